The highest BCUT2D eigenvalue weighted by Gasteiger charge is 2.49. The summed E-state index contributed by atoms with van der Waals surface area (Å²) in [6.07, 6.45) is 1.34. The van der Waals surface area contributed by atoms with Crippen LogP contribution in [0.4, 0.5) is 16.2 Å². The van der Waals surface area contributed by atoms with E-state index in [4.69, 9.17) is 27.9 Å². The number of rotatable bonds is 3. The minimum atomic E-state index is -0.359. The summed E-state index contributed by atoms with van der Waals surface area (Å²) in [5.74, 6) is 1.22. The van der Waals surface area contributed by atoms with Gasteiger partial charge in [0.2, 0.25) is 5.91 Å². The van der Waals surface area contributed by atoms with E-state index in [-0.39, 0.29) is 16.8 Å². The number of urea groups is 1. The largest absolute Gasteiger partial charge is 0.497 e. The number of likely N-dealkylation sites (tertiary alicyclic amines) is 1. The van der Waals surface area contributed by atoms with Crippen LogP contribution in [0.1, 0.15) is 12.8 Å². The Hall–Kier alpha value is -2.09. The molecule has 2 saturated heterocycles. The number of piperidine rings is 1. The third kappa shape index (κ3) is 3.94. The van der Waals surface area contributed by atoms with Gasteiger partial charge in [0.15, 0.2) is 0 Å². The van der Waals surface area contributed by atoms with Crippen molar-refractivity contribution in [2.45, 2.75) is 17.7 Å². The number of thioether (sulfide) groups is 1. The predicted octanol–water partition coefficient (Wildman–Crippen LogP) is 5.11. The quantitative estimate of drug-likeness (QED) is 0.684. The molecule has 2 aromatic carbocycles. The first kappa shape index (κ1) is 21.2. The Morgan fingerprint density at radius 2 is 1.80 bits per heavy atom. The Balaban J connectivity index is 1.48. The Kier molecular flexibility index (Phi) is 6.04. The Bertz CT molecular complexity index is 959. The van der Waals surface area contributed by atoms with E-state index in [2.05, 4.69) is 5.32 Å². The van der Waals surface area contributed by atoms with Gasteiger partial charge in [-0.25, -0.2) is 4.79 Å². The van der Waals surface area contributed by atoms with Gasteiger partial charge in [-0.1, -0.05) is 35.3 Å². The molecule has 4 rings (SSSR count). The molecule has 2 heterocycles. The summed E-state index contributed by atoms with van der Waals surface area (Å²) in [5.41, 5.74) is 1.24. The number of halogens is 2. The molecule has 2 aliphatic rings. The van der Waals surface area contributed by atoms with Gasteiger partial charge in [0, 0.05) is 24.8 Å². The second-order valence-electron chi connectivity index (χ2n) is 7.18. The summed E-state index contributed by atoms with van der Waals surface area (Å²) in [6, 6.07) is 12.4. The van der Waals surface area contributed by atoms with Crippen molar-refractivity contribution >= 4 is 58.3 Å². The lowest BCUT2D eigenvalue weighted by Gasteiger charge is -2.44. The van der Waals surface area contributed by atoms with E-state index in [1.165, 1.54) is 0 Å². The standard InChI is InChI=1S/C21H21Cl2N3O3S/c1-29-15-5-2-4-14(12-15)26-18(27)13-30-21(26)8-10-25(11-9-21)20(28)24-19-16(22)6-3-7-17(19)23/h2-7,12H,8-11,13H2,1H3,(H,24,28). The maximum absolute atomic E-state index is 12.8. The van der Waals surface area contributed by atoms with E-state index >= 15 is 0 Å². The second-order valence-corrected chi connectivity index (χ2v) is 9.33. The minimum Gasteiger partial charge on any atom is -0.497 e. The monoisotopic (exact) mass is 465 g/mol. The highest BCUT2D eigenvalue weighted by atomic mass is 35.5. The zero-order chi connectivity index (χ0) is 21.3. The number of benzene rings is 2. The van der Waals surface area contributed by atoms with E-state index in [0.717, 1.165) is 5.69 Å². The van der Waals surface area contributed by atoms with Gasteiger partial charge in [0.1, 0.15) is 5.75 Å². The molecule has 3 amide bonds. The molecule has 0 radical (unpaired) electrons. The molecule has 2 aromatic rings. The highest BCUT2D eigenvalue weighted by molar-refractivity contribution is 8.02. The van der Waals surface area contributed by atoms with Crippen molar-refractivity contribution in [1.29, 1.82) is 0 Å². The Labute approximate surface area is 189 Å². The van der Waals surface area contributed by atoms with Crippen LogP contribution in [0.2, 0.25) is 10.0 Å². The fraction of sp³-hybridized carbons (Fsp3) is 0.333. The van der Waals surface area contributed by atoms with Crippen LogP contribution in [0.5, 0.6) is 5.75 Å². The summed E-state index contributed by atoms with van der Waals surface area (Å²) in [5, 5.41) is 3.60. The van der Waals surface area contributed by atoms with Gasteiger partial charge in [0.25, 0.3) is 0 Å². The van der Waals surface area contributed by atoms with Crippen molar-refractivity contribution in [2.75, 3.05) is 36.2 Å². The van der Waals surface area contributed by atoms with Crippen molar-refractivity contribution in [3.63, 3.8) is 0 Å². The molecule has 6 nitrogen and oxygen atoms in total. The molecule has 0 aliphatic carbocycles. The number of amides is 3. The molecule has 0 saturated carbocycles. The van der Waals surface area contributed by atoms with Crippen molar-refractivity contribution in [3.8, 4) is 5.75 Å². The number of nitrogens with zero attached hydrogens (tertiary/aromatic N) is 2. The lowest BCUT2D eigenvalue weighted by molar-refractivity contribution is -0.116. The van der Waals surface area contributed by atoms with Crippen LogP contribution in [-0.2, 0) is 4.79 Å². The van der Waals surface area contributed by atoms with Gasteiger partial charge < -0.3 is 15.0 Å². The van der Waals surface area contributed by atoms with Crippen LogP contribution in [0.25, 0.3) is 0 Å². The minimum absolute atomic E-state index is 0.0778. The Morgan fingerprint density at radius 1 is 1.13 bits per heavy atom. The van der Waals surface area contributed by atoms with Crippen LogP contribution in [0.3, 0.4) is 0 Å². The number of hydrogen-bond donors (Lipinski definition) is 1. The van der Waals surface area contributed by atoms with Crippen molar-refractivity contribution in [2.24, 2.45) is 0 Å². The van der Waals surface area contributed by atoms with Gasteiger partial charge in [-0.3, -0.25) is 9.69 Å². The zero-order valence-corrected chi connectivity index (χ0v) is 18.7. The molecule has 1 spiro atoms. The second kappa shape index (κ2) is 8.57. The van der Waals surface area contributed by atoms with E-state index in [9.17, 15) is 9.59 Å². The van der Waals surface area contributed by atoms with Gasteiger partial charge in [-0.2, -0.15) is 0 Å². The van der Waals surface area contributed by atoms with Crippen molar-refractivity contribution < 1.29 is 14.3 Å². The average Bonchev–Trinajstić information content (AvgIpc) is 3.06. The first-order valence-electron chi connectivity index (χ1n) is 9.54. The third-order valence-electron chi connectivity index (χ3n) is 5.46. The zero-order valence-electron chi connectivity index (χ0n) is 16.4. The predicted molar refractivity (Wildman–Crippen MR) is 122 cm³/mol. The Morgan fingerprint density at radius 3 is 2.47 bits per heavy atom. The average molecular weight is 466 g/mol. The molecule has 0 bridgehead atoms. The van der Waals surface area contributed by atoms with Crippen molar-refractivity contribution in [3.05, 3.63) is 52.5 Å². The lowest BCUT2D eigenvalue weighted by Crippen LogP contribution is -2.53. The van der Waals surface area contributed by atoms with Crippen LogP contribution < -0.4 is 15.0 Å². The highest BCUT2D eigenvalue weighted by Crippen LogP contribution is 2.47. The van der Waals surface area contributed by atoms with Crippen molar-refractivity contribution in [1.82, 2.24) is 4.90 Å². The van der Waals surface area contributed by atoms with Crippen LogP contribution in [0, 0.1) is 0 Å². The number of hydrogen-bond acceptors (Lipinski definition) is 4. The number of para-hydroxylation sites is 1. The fourth-order valence-electron chi connectivity index (χ4n) is 3.91. The van der Waals surface area contributed by atoms with Crippen LogP contribution >= 0.6 is 35.0 Å². The summed E-state index contributed by atoms with van der Waals surface area (Å²) >= 11 is 14.0. The molecular formula is C21H21Cl2N3O3S. The maximum atomic E-state index is 12.8. The first-order valence-corrected chi connectivity index (χ1v) is 11.3. The van der Waals surface area contributed by atoms with E-state index in [1.807, 2.05) is 29.2 Å². The third-order valence-corrected chi connectivity index (χ3v) is 7.61. The van der Waals surface area contributed by atoms with E-state index < -0.39 is 0 Å². The molecular weight excluding hydrogens is 445 g/mol. The van der Waals surface area contributed by atoms with Gasteiger partial charge in [-0.05, 0) is 37.1 Å². The smallest absolute Gasteiger partial charge is 0.321 e. The van der Waals surface area contributed by atoms with Crippen LogP contribution in [-0.4, -0.2) is 47.7 Å². The van der Waals surface area contributed by atoms with E-state index in [0.29, 0.717) is 53.2 Å². The van der Waals surface area contributed by atoms with E-state index in [1.54, 1.807) is 42.0 Å². The molecule has 0 aromatic heterocycles. The summed E-state index contributed by atoms with van der Waals surface area (Å²) in [6.45, 7) is 1.04. The molecule has 158 valence electrons. The van der Waals surface area contributed by atoms with Gasteiger partial charge in [0.05, 0.1) is 33.5 Å². The molecule has 30 heavy (non-hydrogen) atoms. The molecule has 0 unspecified atom stereocenters. The lowest BCUT2D eigenvalue weighted by atomic mass is 10.0. The molecule has 2 fully saturated rings. The molecule has 2 aliphatic heterocycles. The number of anilines is 2. The number of carbonyl (C=O) groups is 2. The SMILES string of the molecule is COc1cccc(N2C(=O)CSC23CCN(C(=O)Nc2c(Cl)cccc2Cl)CC3)c1. The number of carbonyl (C=O) groups excluding carboxylic acids is 2. The number of methoxy groups -OCH3 is 1. The normalized spacial score (nSPS) is 18.0. The van der Waals surface area contributed by atoms with Gasteiger partial charge >= 0.3 is 6.03 Å². The summed E-state index contributed by atoms with van der Waals surface area (Å²) < 4.78 is 5.32. The number of ether oxygens (including phenoxy) is 1. The molecule has 9 heteroatoms. The topological polar surface area (TPSA) is 61.9 Å². The van der Waals surface area contributed by atoms with Crippen LogP contribution in [0.15, 0.2) is 42.5 Å². The molecule has 1 N–H and O–H groups in total. The fourth-order valence-corrected chi connectivity index (χ4v) is 5.73. The first-order chi connectivity index (χ1) is 14.4. The van der Waals surface area contributed by atoms with Gasteiger partial charge in [-0.15, -0.1) is 11.8 Å². The maximum Gasteiger partial charge on any atom is 0.321 e. The summed E-state index contributed by atoms with van der Waals surface area (Å²) in [4.78, 5) is 28.7. The number of nitrogens with one attached hydrogen (secondary N) is 1. The summed E-state index contributed by atoms with van der Waals surface area (Å²) in [7, 11) is 1.61. The molecule has 0 atom stereocenters.